The number of hydrogen-bond donors (Lipinski definition) is 0. The third-order valence-corrected chi connectivity index (χ3v) is 4.27. The molecule has 1 aliphatic heterocycles. The summed E-state index contributed by atoms with van der Waals surface area (Å²) in [7, 11) is 0. The Balaban J connectivity index is 1.65. The van der Waals surface area contributed by atoms with E-state index in [0.29, 0.717) is 5.92 Å². The van der Waals surface area contributed by atoms with Crippen molar-refractivity contribution in [3.63, 3.8) is 0 Å². The van der Waals surface area contributed by atoms with Crippen LogP contribution in [0.5, 0.6) is 5.75 Å². The zero-order valence-electron chi connectivity index (χ0n) is 14.4. The maximum Gasteiger partial charge on any atom is 0.122 e. The fraction of sp³-hybridized carbons (Fsp3) is 0.684. The summed E-state index contributed by atoms with van der Waals surface area (Å²) in [6, 6.07) is 6.54. The molecular weight excluding hydrogens is 274 g/mol. The topological polar surface area (TPSA) is 21.7 Å². The van der Waals surface area contributed by atoms with Crippen LogP contribution in [0.15, 0.2) is 18.2 Å². The van der Waals surface area contributed by atoms with E-state index in [1.807, 2.05) is 0 Å². The van der Waals surface area contributed by atoms with Crippen molar-refractivity contribution >= 4 is 0 Å². The summed E-state index contributed by atoms with van der Waals surface area (Å²) in [6.45, 7) is 12.6. The minimum atomic E-state index is 0.511. The molecule has 0 radical (unpaired) electrons. The molecule has 0 N–H and O–H groups in total. The van der Waals surface area contributed by atoms with Gasteiger partial charge < -0.3 is 9.47 Å². The summed E-state index contributed by atoms with van der Waals surface area (Å²) in [5.74, 6) is 1.58. The Morgan fingerprint density at radius 3 is 2.64 bits per heavy atom. The number of unbranched alkanes of at least 4 members (excludes halogenated alkanes) is 2. The van der Waals surface area contributed by atoms with Crippen LogP contribution in [0.1, 0.15) is 50.2 Å². The summed E-state index contributed by atoms with van der Waals surface area (Å²) in [6.07, 6.45) is 3.63. The maximum atomic E-state index is 6.04. The predicted octanol–water partition coefficient (Wildman–Crippen LogP) is 4.00. The lowest BCUT2D eigenvalue weighted by atomic mass is 10.0. The van der Waals surface area contributed by atoms with E-state index in [1.54, 1.807) is 0 Å². The molecule has 0 bridgehead atoms. The maximum absolute atomic E-state index is 6.04. The first-order chi connectivity index (χ1) is 10.7. The molecule has 22 heavy (non-hydrogen) atoms. The molecule has 0 spiro atoms. The molecule has 0 aliphatic carbocycles. The first-order valence-electron chi connectivity index (χ1n) is 8.70. The number of nitrogens with zero attached hydrogens (tertiary/aromatic N) is 1. The Kier molecular flexibility index (Phi) is 7.20. The van der Waals surface area contributed by atoms with Gasteiger partial charge in [0, 0.05) is 13.1 Å². The minimum Gasteiger partial charge on any atom is -0.493 e. The van der Waals surface area contributed by atoms with E-state index in [-0.39, 0.29) is 0 Å². The zero-order valence-corrected chi connectivity index (χ0v) is 14.4. The zero-order chi connectivity index (χ0) is 15.8. The van der Waals surface area contributed by atoms with Crippen molar-refractivity contribution in [2.75, 3.05) is 39.5 Å². The van der Waals surface area contributed by atoms with Gasteiger partial charge in [0.1, 0.15) is 5.75 Å². The Hall–Kier alpha value is -1.06. The van der Waals surface area contributed by atoms with Crippen molar-refractivity contribution in [3.05, 3.63) is 29.3 Å². The quantitative estimate of drug-likeness (QED) is 0.678. The van der Waals surface area contributed by atoms with Gasteiger partial charge in [-0.25, -0.2) is 0 Å². The van der Waals surface area contributed by atoms with Gasteiger partial charge in [-0.05, 0) is 55.8 Å². The highest BCUT2D eigenvalue weighted by molar-refractivity contribution is 5.39. The SMILES string of the molecule is Cc1ccc(C(C)C)c(OCCCCCN2CCOCC2)c1. The van der Waals surface area contributed by atoms with Crippen LogP contribution in [0.25, 0.3) is 0 Å². The molecule has 1 aromatic carbocycles. The molecule has 1 aliphatic rings. The van der Waals surface area contributed by atoms with Crippen LogP contribution in [-0.4, -0.2) is 44.4 Å². The van der Waals surface area contributed by atoms with Crippen LogP contribution < -0.4 is 4.74 Å². The second kappa shape index (κ2) is 9.16. The molecular formula is C19H31NO2. The van der Waals surface area contributed by atoms with E-state index in [4.69, 9.17) is 9.47 Å². The van der Waals surface area contributed by atoms with E-state index < -0.39 is 0 Å². The van der Waals surface area contributed by atoms with Gasteiger partial charge in [-0.2, -0.15) is 0 Å². The van der Waals surface area contributed by atoms with Crippen molar-refractivity contribution in [3.8, 4) is 5.75 Å². The van der Waals surface area contributed by atoms with E-state index in [0.717, 1.165) is 45.1 Å². The van der Waals surface area contributed by atoms with Crippen LogP contribution in [0.3, 0.4) is 0 Å². The summed E-state index contributed by atoms with van der Waals surface area (Å²) in [5.41, 5.74) is 2.59. The van der Waals surface area contributed by atoms with Gasteiger partial charge in [-0.15, -0.1) is 0 Å². The Bertz CT molecular complexity index is 439. The van der Waals surface area contributed by atoms with E-state index >= 15 is 0 Å². The molecule has 0 aromatic heterocycles. The molecule has 1 aromatic rings. The van der Waals surface area contributed by atoms with Crippen LogP contribution in [0.2, 0.25) is 0 Å². The predicted molar refractivity (Wildman–Crippen MR) is 91.9 cm³/mol. The summed E-state index contributed by atoms with van der Waals surface area (Å²) in [4.78, 5) is 2.50. The lowest BCUT2D eigenvalue weighted by molar-refractivity contribution is 0.0370. The van der Waals surface area contributed by atoms with Gasteiger partial charge >= 0.3 is 0 Å². The van der Waals surface area contributed by atoms with E-state index in [9.17, 15) is 0 Å². The summed E-state index contributed by atoms with van der Waals surface area (Å²) < 4.78 is 11.4. The second-order valence-corrected chi connectivity index (χ2v) is 6.56. The number of morpholine rings is 1. The van der Waals surface area contributed by atoms with Crippen molar-refractivity contribution in [1.29, 1.82) is 0 Å². The Labute approximate surface area is 135 Å². The third kappa shape index (κ3) is 5.62. The molecule has 124 valence electrons. The van der Waals surface area contributed by atoms with Crippen LogP contribution in [-0.2, 0) is 4.74 Å². The average molecular weight is 305 g/mol. The minimum absolute atomic E-state index is 0.511. The second-order valence-electron chi connectivity index (χ2n) is 6.56. The molecule has 0 atom stereocenters. The number of benzene rings is 1. The molecule has 0 amide bonds. The molecule has 3 nitrogen and oxygen atoms in total. The van der Waals surface area contributed by atoms with Gasteiger partial charge in [0.15, 0.2) is 0 Å². The van der Waals surface area contributed by atoms with Crippen LogP contribution >= 0.6 is 0 Å². The molecule has 0 unspecified atom stereocenters. The summed E-state index contributed by atoms with van der Waals surface area (Å²) in [5, 5.41) is 0. The van der Waals surface area contributed by atoms with Crippen molar-refractivity contribution in [2.45, 2.75) is 46.0 Å². The van der Waals surface area contributed by atoms with Gasteiger partial charge in [0.25, 0.3) is 0 Å². The first kappa shape index (κ1) is 17.3. The van der Waals surface area contributed by atoms with E-state index in [1.165, 1.54) is 30.5 Å². The first-order valence-corrected chi connectivity index (χ1v) is 8.70. The number of ether oxygens (including phenoxy) is 2. The third-order valence-electron chi connectivity index (χ3n) is 4.27. The molecule has 3 heteroatoms. The van der Waals surface area contributed by atoms with Gasteiger partial charge in [-0.3, -0.25) is 4.90 Å². The number of hydrogen-bond acceptors (Lipinski definition) is 3. The normalized spacial score (nSPS) is 16.2. The fourth-order valence-electron chi connectivity index (χ4n) is 2.86. The van der Waals surface area contributed by atoms with Crippen molar-refractivity contribution in [2.24, 2.45) is 0 Å². The lowest BCUT2D eigenvalue weighted by Gasteiger charge is -2.26. The highest BCUT2D eigenvalue weighted by atomic mass is 16.5. The highest BCUT2D eigenvalue weighted by Gasteiger charge is 2.10. The van der Waals surface area contributed by atoms with Crippen molar-refractivity contribution in [1.82, 2.24) is 4.90 Å². The largest absolute Gasteiger partial charge is 0.493 e. The molecule has 2 rings (SSSR count). The highest BCUT2D eigenvalue weighted by Crippen LogP contribution is 2.27. The number of aryl methyl sites for hydroxylation is 1. The fourth-order valence-corrected chi connectivity index (χ4v) is 2.86. The lowest BCUT2D eigenvalue weighted by Crippen LogP contribution is -2.36. The Morgan fingerprint density at radius 1 is 1.14 bits per heavy atom. The Morgan fingerprint density at radius 2 is 1.91 bits per heavy atom. The van der Waals surface area contributed by atoms with Gasteiger partial charge in [0.05, 0.1) is 19.8 Å². The van der Waals surface area contributed by atoms with Crippen molar-refractivity contribution < 1.29 is 9.47 Å². The van der Waals surface area contributed by atoms with Crippen LogP contribution in [0.4, 0.5) is 0 Å². The molecule has 1 heterocycles. The molecule has 0 saturated carbocycles. The number of rotatable bonds is 8. The molecule has 1 fully saturated rings. The summed E-state index contributed by atoms with van der Waals surface area (Å²) >= 11 is 0. The standard InChI is InChI=1S/C19H31NO2/c1-16(2)18-8-7-17(3)15-19(18)22-12-6-4-5-9-20-10-13-21-14-11-20/h7-8,15-16H,4-6,9-14H2,1-3H3. The van der Waals surface area contributed by atoms with Gasteiger partial charge in [-0.1, -0.05) is 26.0 Å². The van der Waals surface area contributed by atoms with Crippen LogP contribution in [0, 0.1) is 6.92 Å². The smallest absolute Gasteiger partial charge is 0.122 e. The van der Waals surface area contributed by atoms with Gasteiger partial charge in [0.2, 0.25) is 0 Å². The van der Waals surface area contributed by atoms with E-state index in [2.05, 4.69) is 43.9 Å². The molecule has 1 saturated heterocycles. The average Bonchev–Trinajstić information content (AvgIpc) is 2.51. The monoisotopic (exact) mass is 305 g/mol.